The molecule has 1 aromatic heterocycles. The number of ether oxygens (including phenoxy) is 2. The molecule has 0 atom stereocenters. The van der Waals surface area contributed by atoms with Crippen molar-refractivity contribution in [3.8, 4) is 11.9 Å². The fraction of sp³-hybridized carbons (Fsp3) is 0.364. The van der Waals surface area contributed by atoms with Gasteiger partial charge in [-0.2, -0.15) is 5.26 Å². The van der Waals surface area contributed by atoms with E-state index in [-0.39, 0.29) is 17.9 Å². The van der Waals surface area contributed by atoms with E-state index in [9.17, 15) is 4.79 Å². The molecule has 17 heavy (non-hydrogen) atoms. The van der Waals surface area contributed by atoms with E-state index in [1.807, 2.05) is 0 Å². The summed E-state index contributed by atoms with van der Waals surface area (Å²) in [6.45, 7) is 0.780. The van der Waals surface area contributed by atoms with Crippen molar-refractivity contribution in [1.82, 2.24) is 4.98 Å². The van der Waals surface area contributed by atoms with Gasteiger partial charge in [0.25, 0.3) is 0 Å². The van der Waals surface area contributed by atoms with E-state index in [0.717, 1.165) is 0 Å². The predicted octanol–water partition coefficient (Wildman–Crippen LogP) is 1.97. The van der Waals surface area contributed by atoms with Crippen molar-refractivity contribution in [3.05, 3.63) is 22.3 Å². The maximum Gasteiger partial charge on any atom is 0.228 e. The van der Waals surface area contributed by atoms with Crippen LogP contribution in [0.2, 0.25) is 0 Å². The van der Waals surface area contributed by atoms with Crippen LogP contribution in [0.1, 0.15) is 16.9 Å². The van der Waals surface area contributed by atoms with Crippen LogP contribution in [0.4, 0.5) is 0 Å². The molecule has 0 aliphatic heterocycles. The van der Waals surface area contributed by atoms with Gasteiger partial charge in [-0.3, -0.25) is 4.79 Å². The first-order valence-corrected chi connectivity index (χ1v) is 5.66. The molecular weight excluding hydrogens is 288 g/mol. The molecule has 0 saturated carbocycles. The maximum absolute atomic E-state index is 11.5. The number of Topliss-reactive ketones (excluding diaryl/α,β-unsaturated/α-hetero) is 1. The lowest BCUT2D eigenvalue weighted by atomic mass is 10.2. The summed E-state index contributed by atoms with van der Waals surface area (Å²) in [5.41, 5.74) is 0.224. The van der Waals surface area contributed by atoms with Crippen molar-refractivity contribution in [2.75, 3.05) is 20.3 Å². The highest BCUT2D eigenvalue weighted by molar-refractivity contribution is 9.10. The summed E-state index contributed by atoms with van der Waals surface area (Å²) in [4.78, 5) is 15.5. The number of nitriles is 1. The van der Waals surface area contributed by atoms with Crippen LogP contribution in [0.3, 0.4) is 0 Å². The molecule has 0 aromatic carbocycles. The number of nitrogens with zero attached hydrogens (tertiary/aromatic N) is 2. The van der Waals surface area contributed by atoms with Crippen molar-refractivity contribution >= 4 is 21.7 Å². The quantitative estimate of drug-likeness (QED) is 0.593. The van der Waals surface area contributed by atoms with Crippen LogP contribution in [0, 0.1) is 11.3 Å². The monoisotopic (exact) mass is 298 g/mol. The fourth-order valence-electron chi connectivity index (χ4n) is 1.06. The summed E-state index contributed by atoms with van der Waals surface area (Å²) >= 11 is 3.27. The Balaban J connectivity index is 2.79. The molecule has 1 rings (SSSR count). The topological polar surface area (TPSA) is 72.2 Å². The molecule has 1 aromatic rings. The van der Waals surface area contributed by atoms with Crippen LogP contribution < -0.4 is 4.74 Å². The van der Waals surface area contributed by atoms with Crippen molar-refractivity contribution in [2.24, 2.45) is 0 Å². The summed E-state index contributed by atoms with van der Waals surface area (Å²) in [5.74, 6) is 0.00225. The van der Waals surface area contributed by atoms with Crippen molar-refractivity contribution < 1.29 is 14.3 Å². The van der Waals surface area contributed by atoms with Crippen LogP contribution in [-0.2, 0) is 4.74 Å². The van der Waals surface area contributed by atoms with Crippen LogP contribution in [-0.4, -0.2) is 31.1 Å². The summed E-state index contributed by atoms with van der Waals surface area (Å²) in [7, 11) is 1.57. The standard InChI is InChI=1S/C11H11BrN2O3/c1-16-6-7-17-11-8(12)2-3-9(14-11)10(15)4-5-13/h2-3H,4,6-7H2,1H3. The van der Waals surface area contributed by atoms with Crippen molar-refractivity contribution in [3.63, 3.8) is 0 Å². The average molecular weight is 299 g/mol. The Bertz CT molecular complexity index is 443. The Morgan fingerprint density at radius 1 is 1.53 bits per heavy atom. The number of halogens is 1. The number of carbonyl (C=O) groups excluding carboxylic acids is 1. The molecule has 0 radical (unpaired) electrons. The molecule has 0 saturated heterocycles. The van der Waals surface area contributed by atoms with Crippen molar-refractivity contribution in [2.45, 2.75) is 6.42 Å². The molecular formula is C11H11BrN2O3. The first-order valence-electron chi connectivity index (χ1n) is 4.87. The number of hydrogen-bond acceptors (Lipinski definition) is 5. The van der Waals surface area contributed by atoms with Gasteiger partial charge in [0.1, 0.15) is 18.7 Å². The Morgan fingerprint density at radius 3 is 2.94 bits per heavy atom. The van der Waals surface area contributed by atoms with E-state index in [0.29, 0.717) is 23.6 Å². The zero-order valence-corrected chi connectivity index (χ0v) is 10.9. The minimum atomic E-state index is -0.323. The summed E-state index contributed by atoms with van der Waals surface area (Å²) in [6, 6.07) is 5.01. The van der Waals surface area contributed by atoms with E-state index in [2.05, 4.69) is 20.9 Å². The number of rotatable bonds is 6. The van der Waals surface area contributed by atoms with Crippen LogP contribution >= 0.6 is 15.9 Å². The molecule has 5 nitrogen and oxygen atoms in total. The van der Waals surface area contributed by atoms with Crippen LogP contribution in [0.15, 0.2) is 16.6 Å². The highest BCUT2D eigenvalue weighted by atomic mass is 79.9. The molecule has 0 spiro atoms. The smallest absolute Gasteiger partial charge is 0.228 e. The minimum Gasteiger partial charge on any atom is -0.474 e. The summed E-state index contributed by atoms with van der Waals surface area (Å²) < 4.78 is 10.8. The number of methoxy groups -OCH3 is 1. The lowest BCUT2D eigenvalue weighted by molar-refractivity contribution is 0.0991. The van der Waals surface area contributed by atoms with E-state index in [1.165, 1.54) is 0 Å². The first-order chi connectivity index (χ1) is 8.19. The molecule has 0 bridgehead atoms. The normalized spacial score (nSPS) is 9.71. The second kappa shape index (κ2) is 6.99. The SMILES string of the molecule is COCCOc1nc(C(=O)CC#N)ccc1Br. The maximum atomic E-state index is 11.5. The fourth-order valence-corrected chi connectivity index (χ4v) is 1.40. The molecule has 0 aliphatic rings. The summed E-state index contributed by atoms with van der Waals surface area (Å²) in [5, 5.41) is 8.44. The highest BCUT2D eigenvalue weighted by Crippen LogP contribution is 2.22. The Labute approximate surface area is 107 Å². The van der Waals surface area contributed by atoms with Gasteiger partial charge >= 0.3 is 0 Å². The molecule has 0 N–H and O–H groups in total. The number of ketones is 1. The predicted molar refractivity (Wildman–Crippen MR) is 63.9 cm³/mol. The Morgan fingerprint density at radius 2 is 2.29 bits per heavy atom. The molecule has 1 heterocycles. The second-order valence-corrected chi connectivity index (χ2v) is 3.94. The third-order valence-electron chi connectivity index (χ3n) is 1.87. The Hall–Kier alpha value is -1.45. The molecule has 0 amide bonds. The van der Waals surface area contributed by atoms with Gasteiger partial charge in [0.05, 0.1) is 17.1 Å². The zero-order chi connectivity index (χ0) is 12.7. The van der Waals surface area contributed by atoms with Gasteiger partial charge in [0, 0.05) is 7.11 Å². The van der Waals surface area contributed by atoms with Gasteiger partial charge in [-0.1, -0.05) is 0 Å². The number of carbonyl (C=O) groups is 1. The first kappa shape index (κ1) is 13.6. The lowest BCUT2D eigenvalue weighted by Crippen LogP contribution is -2.08. The summed E-state index contributed by atoms with van der Waals surface area (Å²) in [6.07, 6.45) is -0.188. The molecule has 0 fully saturated rings. The van der Waals surface area contributed by atoms with E-state index < -0.39 is 0 Å². The van der Waals surface area contributed by atoms with E-state index in [4.69, 9.17) is 14.7 Å². The van der Waals surface area contributed by atoms with Gasteiger partial charge in [0.2, 0.25) is 5.88 Å². The van der Waals surface area contributed by atoms with Gasteiger partial charge in [-0.05, 0) is 28.1 Å². The van der Waals surface area contributed by atoms with E-state index >= 15 is 0 Å². The van der Waals surface area contributed by atoms with Gasteiger partial charge in [-0.25, -0.2) is 4.98 Å². The molecule has 90 valence electrons. The average Bonchev–Trinajstić information content (AvgIpc) is 2.32. The lowest BCUT2D eigenvalue weighted by Gasteiger charge is -2.07. The van der Waals surface area contributed by atoms with Crippen molar-refractivity contribution in [1.29, 1.82) is 5.26 Å². The van der Waals surface area contributed by atoms with Gasteiger partial charge in [0.15, 0.2) is 5.78 Å². The number of hydrogen-bond donors (Lipinski definition) is 0. The van der Waals surface area contributed by atoms with Gasteiger partial charge < -0.3 is 9.47 Å². The second-order valence-electron chi connectivity index (χ2n) is 3.08. The number of pyridine rings is 1. The molecule has 0 aliphatic carbocycles. The Kier molecular flexibility index (Phi) is 5.60. The largest absolute Gasteiger partial charge is 0.474 e. The zero-order valence-electron chi connectivity index (χ0n) is 9.27. The van der Waals surface area contributed by atoms with Gasteiger partial charge in [-0.15, -0.1) is 0 Å². The van der Waals surface area contributed by atoms with Crippen LogP contribution in [0.5, 0.6) is 5.88 Å². The van der Waals surface area contributed by atoms with Crippen LogP contribution in [0.25, 0.3) is 0 Å². The van der Waals surface area contributed by atoms with E-state index in [1.54, 1.807) is 25.3 Å². The third-order valence-corrected chi connectivity index (χ3v) is 2.47. The third kappa shape index (κ3) is 4.13. The molecule has 6 heteroatoms. The number of aromatic nitrogens is 1. The molecule has 0 unspecified atom stereocenters. The highest BCUT2D eigenvalue weighted by Gasteiger charge is 2.11. The minimum absolute atomic E-state index is 0.188.